The lowest BCUT2D eigenvalue weighted by Crippen LogP contribution is -2.10. The number of benzene rings is 1. The van der Waals surface area contributed by atoms with E-state index in [0.29, 0.717) is 12.5 Å². The fraction of sp³-hybridized carbons (Fsp3) is 0.429. The first kappa shape index (κ1) is 13.1. The molecule has 88 valence electrons. The average molecular weight is 239 g/mol. The highest BCUT2D eigenvalue weighted by Crippen LogP contribution is 2.24. The Morgan fingerprint density at radius 1 is 1.25 bits per heavy atom. The first-order valence-electron chi connectivity index (χ1n) is 5.39. The molecular formula is C14H19ClO. The van der Waals surface area contributed by atoms with Crippen LogP contribution < -0.4 is 4.74 Å². The normalized spacial score (nSPS) is 11.2. The van der Waals surface area contributed by atoms with Crippen LogP contribution in [0.2, 0.25) is 0 Å². The lowest BCUT2D eigenvalue weighted by atomic mass is 9.87. The third-order valence-electron chi connectivity index (χ3n) is 2.35. The van der Waals surface area contributed by atoms with Gasteiger partial charge in [0, 0.05) is 5.88 Å². The second-order valence-electron chi connectivity index (χ2n) is 4.95. The quantitative estimate of drug-likeness (QED) is 0.566. The minimum atomic E-state index is 0.179. The molecule has 16 heavy (non-hydrogen) atoms. The Morgan fingerprint density at radius 2 is 1.81 bits per heavy atom. The molecule has 0 aliphatic carbocycles. The predicted octanol–water partition coefficient (Wildman–Crippen LogP) is 4.16. The number of alkyl halides is 1. The molecular weight excluding hydrogens is 220 g/mol. The third-order valence-corrected chi connectivity index (χ3v) is 2.73. The fourth-order valence-corrected chi connectivity index (χ4v) is 1.35. The van der Waals surface area contributed by atoms with E-state index in [1.165, 1.54) is 5.56 Å². The van der Waals surface area contributed by atoms with E-state index in [2.05, 4.69) is 39.5 Å². The lowest BCUT2D eigenvalue weighted by molar-refractivity contribution is 0.353. The van der Waals surface area contributed by atoms with Gasteiger partial charge in [0.2, 0.25) is 0 Å². The van der Waals surface area contributed by atoms with Gasteiger partial charge in [0.15, 0.2) is 0 Å². The Hall–Kier alpha value is -0.950. The first-order valence-corrected chi connectivity index (χ1v) is 5.93. The van der Waals surface area contributed by atoms with E-state index in [-0.39, 0.29) is 5.41 Å². The minimum Gasteiger partial charge on any atom is -0.489 e. The minimum absolute atomic E-state index is 0.179. The highest BCUT2D eigenvalue weighted by molar-refractivity contribution is 6.19. The van der Waals surface area contributed by atoms with E-state index in [1.54, 1.807) is 0 Å². The molecule has 0 bridgehead atoms. The van der Waals surface area contributed by atoms with Crippen LogP contribution in [-0.2, 0) is 5.41 Å². The summed E-state index contributed by atoms with van der Waals surface area (Å²) < 4.78 is 5.54. The van der Waals surface area contributed by atoms with Crippen LogP contribution in [0.1, 0.15) is 26.3 Å². The Morgan fingerprint density at radius 3 is 2.25 bits per heavy atom. The monoisotopic (exact) mass is 238 g/mol. The van der Waals surface area contributed by atoms with Gasteiger partial charge < -0.3 is 4.74 Å². The molecule has 0 unspecified atom stereocenters. The van der Waals surface area contributed by atoms with E-state index in [0.717, 1.165) is 11.3 Å². The molecule has 0 fully saturated rings. The van der Waals surface area contributed by atoms with Gasteiger partial charge in [-0.1, -0.05) is 39.5 Å². The van der Waals surface area contributed by atoms with Crippen molar-refractivity contribution in [2.45, 2.75) is 26.2 Å². The number of rotatable bonds is 4. The van der Waals surface area contributed by atoms with Gasteiger partial charge in [-0.15, -0.1) is 11.6 Å². The molecule has 0 radical (unpaired) electrons. The summed E-state index contributed by atoms with van der Waals surface area (Å²) in [6, 6.07) is 8.17. The highest BCUT2D eigenvalue weighted by Gasteiger charge is 2.12. The number of hydrogen-bond acceptors (Lipinski definition) is 1. The van der Waals surface area contributed by atoms with E-state index in [4.69, 9.17) is 16.3 Å². The standard InChI is InChI=1S/C14H19ClO/c1-11(9-15)10-16-13-7-5-12(6-8-13)14(2,3)4/h5-8H,1,9-10H2,2-4H3. The van der Waals surface area contributed by atoms with Gasteiger partial charge in [-0.3, -0.25) is 0 Å². The van der Waals surface area contributed by atoms with Crippen molar-refractivity contribution in [3.8, 4) is 5.75 Å². The van der Waals surface area contributed by atoms with Gasteiger partial charge in [0.1, 0.15) is 12.4 Å². The maximum Gasteiger partial charge on any atom is 0.119 e. The molecule has 1 aromatic rings. The number of ether oxygens (including phenoxy) is 1. The van der Waals surface area contributed by atoms with Gasteiger partial charge in [-0.25, -0.2) is 0 Å². The van der Waals surface area contributed by atoms with Gasteiger partial charge in [-0.05, 0) is 28.7 Å². The summed E-state index contributed by atoms with van der Waals surface area (Å²) in [7, 11) is 0. The summed E-state index contributed by atoms with van der Waals surface area (Å²) in [6.07, 6.45) is 0. The van der Waals surface area contributed by atoms with Crippen molar-refractivity contribution in [3.63, 3.8) is 0 Å². The Labute approximate surface area is 103 Å². The van der Waals surface area contributed by atoms with Crippen LogP contribution >= 0.6 is 11.6 Å². The molecule has 0 aliphatic heterocycles. The maximum absolute atomic E-state index is 5.62. The molecule has 0 N–H and O–H groups in total. The number of hydrogen-bond donors (Lipinski definition) is 0. The van der Waals surface area contributed by atoms with Crippen molar-refractivity contribution in [3.05, 3.63) is 42.0 Å². The summed E-state index contributed by atoms with van der Waals surface area (Å²) in [6.45, 7) is 10.9. The molecule has 0 saturated carbocycles. The fourth-order valence-electron chi connectivity index (χ4n) is 1.28. The smallest absolute Gasteiger partial charge is 0.119 e. The van der Waals surface area contributed by atoms with E-state index >= 15 is 0 Å². The van der Waals surface area contributed by atoms with Crippen molar-refractivity contribution in [2.75, 3.05) is 12.5 Å². The summed E-state index contributed by atoms with van der Waals surface area (Å²) >= 11 is 5.62. The molecule has 0 atom stereocenters. The highest BCUT2D eigenvalue weighted by atomic mass is 35.5. The molecule has 1 rings (SSSR count). The molecule has 0 amide bonds. The van der Waals surface area contributed by atoms with Crippen LogP contribution in [0.5, 0.6) is 5.75 Å². The van der Waals surface area contributed by atoms with Crippen LogP contribution in [-0.4, -0.2) is 12.5 Å². The molecule has 0 saturated heterocycles. The predicted molar refractivity (Wildman–Crippen MR) is 70.5 cm³/mol. The average Bonchev–Trinajstić information content (AvgIpc) is 2.25. The summed E-state index contributed by atoms with van der Waals surface area (Å²) in [5, 5.41) is 0. The van der Waals surface area contributed by atoms with Crippen molar-refractivity contribution in [2.24, 2.45) is 0 Å². The third kappa shape index (κ3) is 3.90. The molecule has 0 aliphatic rings. The van der Waals surface area contributed by atoms with Crippen LogP contribution in [0.15, 0.2) is 36.4 Å². The van der Waals surface area contributed by atoms with Crippen molar-refractivity contribution >= 4 is 11.6 Å². The van der Waals surface area contributed by atoms with Gasteiger partial charge in [0.05, 0.1) is 0 Å². The van der Waals surface area contributed by atoms with E-state index in [9.17, 15) is 0 Å². The molecule has 2 heteroatoms. The van der Waals surface area contributed by atoms with Crippen molar-refractivity contribution in [1.82, 2.24) is 0 Å². The van der Waals surface area contributed by atoms with Crippen LogP contribution in [0.3, 0.4) is 0 Å². The number of halogens is 1. The second kappa shape index (κ2) is 5.40. The maximum atomic E-state index is 5.62. The zero-order chi connectivity index (χ0) is 12.2. The van der Waals surface area contributed by atoms with Crippen LogP contribution in [0.25, 0.3) is 0 Å². The van der Waals surface area contributed by atoms with Gasteiger partial charge >= 0.3 is 0 Å². The first-order chi connectivity index (χ1) is 7.43. The zero-order valence-electron chi connectivity index (χ0n) is 10.2. The Bertz CT molecular complexity index is 346. The van der Waals surface area contributed by atoms with Gasteiger partial charge in [0.25, 0.3) is 0 Å². The Balaban J connectivity index is 2.62. The van der Waals surface area contributed by atoms with Crippen molar-refractivity contribution < 1.29 is 4.74 Å². The molecule has 0 spiro atoms. The van der Waals surface area contributed by atoms with E-state index in [1.807, 2.05) is 12.1 Å². The topological polar surface area (TPSA) is 9.23 Å². The Kier molecular flexibility index (Phi) is 4.43. The molecule has 1 nitrogen and oxygen atoms in total. The second-order valence-corrected chi connectivity index (χ2v) is 5.21. The summed E-state index contributed by atoms with van der Waals surface area (Å²) in [4.78, 5) is 0. The summed E-state index contributed by atoms with van der Waals surface area (Å²) in [5.41, 5.74) is 2.37. The zero-order valence-corrected chi connectivity index (χ0v) is 11.0. The molecule has 0 heterocycles. The lowest BCUT2D eigenvalue weighted by Gasteiger charge is -2.19. The SMILES string of the molecule is C=C(CCl)COc1ccc(C(C)(C)C)cc1. The van der Waals surface area contributed by atoms with Gasteiger partial charge in [-0.2, -0.15) is 0 Å². The molecule has 0 aromatic heterocycles. The van der Waals surface area contributed by atoms with Crippen LogP contribution in [0, 0.1) is 0 Å². The largest absolute Gasteiger partial charge is 0.489 e. The molecule has 1 aromatic carbocycles. The van der Waals surface area contributed by atoms with Crippen molar-refractivity contribution in [1.29, 1.82) is 0 Å². The summed E-state index contributed by atoms with van der Waals surface area (Å²) in [5.74, 6) is 1.30. The van der Waals surface area contributed by atoms with Crippen LogP contribution in [0.4, 0.5) is 0 Å². The van der Waals surface area contributed by atoms with E-state index < -0.39 is 0 Å².